The minimum absolute atomic E-state index is 0.00735. The van der Waals surface area contributed by atoms with E-state index in [0.29, 0.717) is 18.8 Å². The molecule has 3 N–H and O–H groups in total. The molecule has 4 rings (SSSR count). The molecule has 0 fully saturated rings. The van der Waals surface area contributed by atoms with Crippen molar-refractivity contribution in [3.05, 3.63) is 71.5 Å². The normalized spacial score (nSPS) is 12.0. The van der Waals surface area contributed by atoms with Gasteiger partial charge in [-0.3, -0.25) is 9.59 Å². The molecule has 0 saturated carbocycles. The van der Waals surface area contributed by atoms with Crippen LogP contribution in [0.3, 0.4) is 0 Å². The molecular formula is C24H25N5O5S. The second-order valence-electron chi connectivity index (χ2n) is 7.82. The first-order chi connectivity index (χ1) is 17.0. The van der Waals surface area contributed by atoms with Crippen molar-refractivity contribution in [3.63, 3.8) is 0 Å². The van der Waals surface area contributed by atoms with Gasteiger partial charge in [0, 0.05) is 24.8 Å². The maximum atomic E-state index is 12.3. The summed E-state index contributed by atoms with van der Waals surface area (Å²) in [5, 5.41) is 21.7. The highest BCUT2D eigenvalue weighted by Gasteiger charge is 2.28. The Morgan fingerprint density at radius 2 is 1.69 bits per heavy atom. The van der Waals surface area contributed by atoms with Crippen LogP contribution in [-0.4, -0.2) is 69.3 Å². The number of carboxylic acids is 1. The van der Waals surface area contributed by atoms with E-state index in [0.717, 1.165) is 11.1 Å². The molecule has 0 unspecified atom stereocenters. The molecule has 3 aromatic rings. The van der Waals surface area contributed by atoms with Gasteiger partial charge in [-0.25, -0.2) is 9.48 Å². The van der Waals surface area contributed by atoms with Gasteiger partial charge in [0.15, 0.2) is 5.69 Å². The number of rotatable bonds is 11. The fraction of sp³-hybridized carbons (Fsp3) is 0.292. The maximum absolute atomic E-state index is 12.3. The number of aliphatic carboxylic acids is 1. The third kappa shape index (κ3) is 6.18. The molecule has 10 nitrogen and oxygen atoms in total. The highest BCUT2D eigenvalue weighted by atomic mass is 32.2. The Morgan fingerprint density at radius 3 is 2.37 bits per heavy atom. The summed E-state index contributed by atoms with van der Waals surface area (Å²) in [6.45, 7) is 1.14. The summed E-state index contributed by atoms with van der Waals surface area (Å²) in [5.41, 5.74) is 4.78. The number of hydrogen-bond acceptors (Lipinski definition) is 7. The van der Waals surface area contributed by atoms with Gasteiger partial charge in [-0.15, -0.1) is 16.9 Å². The van der Waals surface area contributed by atoms with Gasteiger partial charge >= 0.3 is 12.1 Å². The molecule has 0 atom stereocenters. The molecule has 182 valence electrons. The van der Waals surface area contributed by atoms with Gasteiger partial charge in [0.2, 0.25) is 0 Å². The number of aromatic nitrogens is 3. The van der Waals surface area contributed by atoms with E-state index >= 15 is 0 Å². The summed E-state index contributed by atoms with van der Waals surface area (Å²) in [4.78, 5) is 34.8. The predicted octanol–water partition coefficient (Wildman–Crippen LogP) is 2.36. The number of nitrogens with zero attached hydrogens (tertiary/aromatic N) is 3. The molecule has 2 aromatic carbocycles. The first-order valence-corrected chi connectivity index (χ1v) is 12.2. The van der Waals surface area contributed by atoms with Crippen molar-refractivity contribution >= 4 is 29.7 Å². The fourth-order valence-corrected chi connectivity index (χ4v) is 4.49. The largest absolute Gasteiger partial charge is 0.481 e. The van der Waals surface area contributed by atoms with Gasteiger partial charge in [-0.2, -0.15) is 0 Å². The lowest BCUT2D eigenvalue weighted by atomic mass is 9.98. The monoisotopic (exact) mass is 495 g/mol. The minimum atomic E-state index is -0.893. The van der Waals surface area contributed by atoms with Crippen LogP contribution < -0.4 is 10.6 Å². The molecule has 35 heavy (non-hydrogen) atoms. The van der Waals surface area contributed by atoms with Crippen molar-refractivity contribution < 1.29 is 24.2 Å². The Labute approximate surface area is 206 Å². The van der Waals surface area contributed by atoms with Crippen molar-refractivity contribution in [2.75, 3.05) is 31.2 Å². The van der Waals surface area contributed by atoms with E-state index < -0.39 is 18.0 Å². The summed E-state index contributed by atoms with van der Waals surface area (Å²) in [7, 11) is 0. The van der Waals surface area contributed by atoms with Crippen LogP contribution in [0.5, 0.6) is 0 Å². The van der Waals surface area contributed by atoms with Crippen molar-refractivity contribution in [2.24, 2.45) is 0 Å². The second kappa shape index (κ2) is 11.5. The zero-order chi connectivity index (χ0) is 24.6. The average Bonchev–Trinajstić information content (AvgIpc) is 3.45. The summed E-state index contributed by atoms with van der Waals surface area (Å²) < 4.78 is 6.96. The summed E-state index contributed by atoms with van der Waals surface area (Å²) in [5.74, 6) is -0.821. The molecule has 1 heterocycles. The van der Waals surface area contributed by atoms with Gasteiger partial charge in [0.1, 0.15) is 6.61 Å². The predicted molar refractivity (Wildman–Crippen MR) is 130 cm³/mol. The van der Waals surface area contributed by atoms with Crippen molar-refractivity contribution in [1.82, 2.24) is 25.6 Å². The Balaban J connectivity index is 1.19. The highest BCUT2D eigenvalue weighted by molar-refractivity contribution is 7.99. The van der Waals surface area contributed by atoms with Crippen LogP contribution in [0.15, 0.2) is 54.7 Å². The Morgan fingerprint density at radius 1 is 1.00 bits per heavy atom. The van der Waals surface area contributed by atoms with E-state index in [1.54, 1.807) is 0 Å². The number of alkyl carbamates (subject to hydrolysis) is 1. The van der Waals surface area contributed by atoms with Crippen LogP contribution in [0, 0.1) is 0 Å². The standard InChI is InChI=1S/C24H25N5O5S/c30-22(31)15-35-12-10-25-23(32)21-13-29(28-27-21)11-9-26-24(33)34-14-20-18-7-3-1-5-16(18)17-6-2-4-8-19(17)20/h1-8,13,20H,9-12,14-15H2,(H,25,32)(H,26,33)(H,30,31). The maximum Gasteiger partial charge on any atom is 0.407 e. The zero-order valence-electron chi connectivity index (χ0n) is 18.8. The van der Waals surface area contributed by atoms with Gasteiger partial charge < -0.3 is 20.5 Å². The number of carbonyl (C=O) groups is 3. The Bertz CT molecular complexity index is 1170. The molecule has 0 aliphatic heterocycles. The molecular weight excluding hydrogens is 470 g/mol. The zero-order valence-corrected chi connectivity index (χ0v) is 19.7. The van der Waals surface area contributed by atoms with E-state index in [1.165, 1.54) is 33.8 Å². The molecule has 2 amide bonds. The highest BCUT2D eigenvalue weighted by Crippen LogP contribution is 2.44. The number of thioether (sulfide) groups is 1. The number of amides is 2. The molecule has 1 aromatic heterocycles. The SMILES string of the molecule is O=C(O)CSCCNC(=O)c1cn(CCNC(=O)OCC2c3ccccc3-c3ccccc32)nn1. The van der Waals surface area contributed by atoms with Gasteiger partial charge in [0.25, 0.3) is 5.91 Å². The first-order valence-electron chi connectivity index (χ1n) is 11.1. The Kier molecular flexibility index (Phi) is 7.99. The topological polar surface area (TPSA) is 135 Å². The quantitative estimate of drug-likeness (QED) is 0.345. The minimum Gasteiger partial charge on any atom is -0.481 e. The van der Waals surface area contributed by atoms with Crippen LogP contribution >= 0.6 is 11.8 Å². The average molecular weight is 496 g/mol. The first kappa shape index (κ1) is 24.3. The van der Waals surface area contributed by atoms with E-state index in [-0.39, 0.29) is 30.5 Å². The van der Waals surface area contributed by atoms with Crippen molar-refractivity contribution in [1.29, 1.82) is 0 Å². The lowest BCUT2D eigenvalue weighted by Gasteiger charge is -2.14. The van der Waals surface area contributed by atoms with Gasteiger partial charge in [-0.1, -0.05) is 53.7 Å². The van der Waals surface area contributed by atoms with Crippen molar-refractivity contribution in [2.45, 2.75) is 12.5 Å². The molecule has 0 spiro atoms. The van der Waals surface area contributed by atoms with E-state index in [4.69, 9.17) is 9.84 Å². The van der Waals surface area contributed by atoms with Crippen LogP contribution in [0.2, 0.25) is 0 Å². The summed E-state index contributed by atoms with van der Waals surface area (Å²) in [6.07, 6.45) is 0.961. The van der Waals surface area contributed by atoms with Crippen LogP contribution in [0.4, 0.5) is 4.79 Å². The number of fused-ring (bicyclic) bond motifs is 3. The van der Waals surface area contributed by atoms with Crippen molar-refractivity contribution in [3.8, 4) is 11.1 Å². The van der Waals surface area contributed by atoms with E-state index in [1.807, 2.05) is 24.3 Å². The smallest absolute Gasteiger partial charge is 0.407 e. The number of carbonyl (C=O) groups excluding carboxylic acids is 2. The number of ether oxygens (including phenoxy) is 1. The number of carboxylic acid groups (broad SMARTS) is 1. The van der Waals surface area contributed by atoms with Crippen LogP contribution in [0.25, 0.3) is 11.1 Å². The molecule has 0 bridgehead atoms. The van der Waals surface area contributed by atoms with E-state index in [9.17, 15) is 14.4 Å². The molecule has 0 saturated heterocycles. The molecule has 0 radical (unpaired) electrons. The van der Waals surface area contributed by atoms with E-state index in [2.05, 4.69) is 45.2 Å². The van der Waals surface area contributed by atoms with Crippen LogP contribution in [0.1, 0.15) is 27.5 Å². The molecule has 1 aliphatic carbocycles. The van der Waals surface area contributed by atoms with Gasteiger partial charge in [-0.05, 0) is 22.3 Å². The summed E-state index contributed by atoms with van der Waals surface area (Å²) >= 11 is 1.22. The summed E-state index contributed by atoms with van der Waals surface area (Å²) in [6, 6.07) is 16.3. The fourth-order valence-electron chi connectivity index (χ4n) is 3.92. The second-order valence-corrected chi connectivity index (χ2v) is 8.93. The third-order valence-corrected chi connectivity index (χ3v) is 6.43. The number of nitrogens with one attached hydrogen (secondary N) is 2. The lowest BCUT2D eigenvalue weighted by molar-refractivity contribution is -0.133. The third-order valence-electron chi connectivity index (χ3n) is 5.48. The number of benzene rings is 2. The van der Waals surface area contributed by atoms with Gasteiger partial charge in [0.05, 0.1) is 18.5 Å². The molecule has 1 aliphatic rings. The lowest BCUT2D eigenvalue weighted by Crippen LogP contribution is -2.29. The molecule has 11 heteroatoms. The van der Waals surface area contributed by atoms with Crippen LogP contribution in [-0.2, 0) is 16.1 Å². The number of hydrogen-bond donors (Lipinski definition) is 3. The Hall–Kier alpha value is -3.86.